The van der Waals surface area contributed by atoms with Gasteiger partial charge in [0.2, 0.25) is 0 Å². The summed E-state index contributed by atoms with van der Waals surface area (Å²) in [5, 5.41) is 0. The molecule has 1 saturated heterocycles. The topological polar surface area (TPSA) is 40.6 Å². The molecule has 0 N–H and O–H groups in total. The average Bonchev–Trinajstić information content (AvgIpc) is 2.06. The molecule has 11 heavy (non-hydrogen) atoms. The molecule has 0 unspecified atom stereocenters. The summed E-state index contributed by atoms with van der Waals surface area (Å²) in [6, 6.07) is -0.554. The molecular formula is C5H6BrClN2O2. The Bertz CT molecular complexity index is 231. The van der Waals surface area contributed by atoms with Crippen LogP contribution in [-0.2, 0) is 4.79 Å². The monoisotopic (exact) mass is 240 g/mol. The number of amides is 3. The second-order valence-corrected chi connectivity index (χ2v) is 3.76. The molecule has 0 aliphatic carbocycles. The Labute approximate surface area is 77.5 Å². The van der Waals surface area contributed by atoms with Gasteiger partial charge < -0.3 is 0 Å². The second kappa shape index (κ2) is 2.35. The lowest BCUT2D eigenvalue weighted by Gasteiger charge is -2.19. The highest BCUT2D eigenvalue weighted by Crippen LogP contribution is 2.31. The van der Waals surface area contributed by atoms with Crippen molar-refractivity contribution in [2.75, 3.05) is 0 Å². The fraction of sp³-hybridized carbons (Fsp3) is 0.600. The smallest absolute Gasteiger partial charge is 0.270 e. The number of rotatable bonds is 0. The van der Waals surface area contributed by atoms with Gasteiger partial charge in [-0.05, 0) is 13.8 Å². The zero-order chi connectivity index (χ0) is 8.81. The normalized spacial score (nSPS) is 23.3. The van der Waals surface area contributed by atoms with Gasteiger partial charge >= 0.3 is 6.03 Å². The number of carbonyl (C=O) groups excluding carboxylic acids is 2. The van der Waals surface area contributed by atoms with Crippen LogP contribution in [-0.4, -0.2) is 25.8 Å². The van der Waals surface area contributed by atoms with Gasteiger partial charge in [0.25, 0.3) is 5.91 Å². The van der Waals surface area contributed by atoms with Crippen LogP contribution in [0, 0.1) is 0 Å². The van der Waals surface area contributed by atoms with Gasteiger partial charge in [-0.15, -0.1) is 0 Å². The minimum absolute atomic E-state index is 0.430. The van der Waals surface area contributed by atoms with Crippen molar-refractivity contribution in [2.45, 2.75) is 19.4 Å². The molecule has 1 rings (SSSR count). The lowest BCUT2D eigenvalue weighted by atomic mass is 10.1. The molecule has 0 bridgehead atoms. The predicted molar refractivity (Wildman–Crippen MR) is 42.9 cm³/mol. The summed E-state index contributed by atoms with van der Waals surface area (Å²) in [5.41, 5.74) is -0.890. The molecule has 0 aromatic heterocycles. The number of nitrogens with zero attached hydrogens (tertiary/aromatic N) is 2. The van der Waals surface area contributed by atoms with Crippen LogP contribution in [0.1, 0.15) is 13.8 Å². The lowest BCUT2D eigenvalue weighted by molar-refractivity contribution is -0.127. The number of imide groups is 1. The lowest BCUT2D eigenvalue weighted by Crippen LogP contribution is -2.37. The molecule has 0 spiro atoms. The second-order valence-electron chi connectivity index (χ2n) is 2.71. The number of urea groups is 1. The third kappa shape index (κ3) is 1.03. The summed E-state index contributed by atoms with van der Waals surface area (Å²) < 4.78 is 1.68. The Kier molecular flexibility index (Phi) is 1.88. The van der Waals surface area contributed by atoms with Gasteiger partial charge in [0.15, 0.2) is 0 Å². The van der Waals surface area contributed by atoms with Crippen LogP contribution < -0.4 is 0 Å². The minimum Gasteiger partial charge on any atom is -0.270 e. The van der Waals surface area contributed by atoms with Gasteiger partial charge in [-0.25, -0.2) is 8.72 Å². The highest BCUT2D eigenvalue weighted by Gasteiger charge is 2.50. The minimum atomic E-state index is -0.890. The van der Waals surface area contributed by atoms with Gasteiger partial charge in [-0.3, -0.25) is 4.79 Å². The van der Waals surface area contributed by atoms with Gasteiger partial charge in [-0.2, -0.15) is 4.42 Å². The first kappa shape index (κ1) is 8.80. The van der Waals surface area contributed by atoms with Crippen molar-refractivity contribution in [3.05, 3.63) is 0 Å². The molecule has 0 atom stereocenters. The molecule has 62 valence electrons. The van der Waals surface area contributed by atoms with Crippen molar-refractivity contribution in [1.82, 2.24) is 8.34 Å². The first-order valence-corrected chi connectivity index (χ1v) is 3.94. The maximum Gasteiger partial charge on any atom is 0.352 e. The van der Waals surface area contributed by atoms with E-state index in [9.17, 15) is 9.59 Å². The van der Waals surface area contributed by atoms with Crippen LogP contribution in [0.3, 0.4) is 0 Å². The first-order valence-electron chi connectivity index (χ1n) is 2.89. The van der Waals surface area contributed by atoms with Gasteiger partial charge in [0.1, 0.15) is 5.54 Å². The molecule has 1 aliphatic heterocycles. The maximum atomic E-state index is 11.1. The summed E-state index contributed by atoms with van der Waals surface area (Å²) >= 11 is 8.30. The molecule has 1 aliphatic rings. The number of hydrogen-bond donors (Lipinski definition) is 0. The fourth-order valence-corrected chi connectivity index (χ4v) is 1.41. The molecule has 3 amide bonds. The van der Waals surface area contributed by atoms with Crippen molar-refractivity contribution in [3.8, 4) is 0 Å². The van der Waals surface area contributed by atoms with E-state index in [4.69, 9.17) is 11.8 Å². The van der Waals surface area contributed by atoms with Crippen LogP contribution >= 0.6 is 27.9 Å². The summed E-state index contributed by atoms with van der Waals surface area (Å²) in [6.45, 7) is 3.20. The predicted octanol–water partition coefficient (Wildman–Crippen LogP) is 1.49. The van der Waals surface area contributed by atoms with E-state index in [1.807, 2.05) is 0 Å². The quantitative estimate of drug-likeness (QED) is 0.476. The van der Waals surface area contributed by atoms with Crippen molar-refractivity contribution in [3.63, 3.8) is 0 Å². The van der Waals surface area contributed by atoms with E-state index in [2.05, 4.69) is 16.1 Å². The maximum absolute atomic E-state index is 11.1. The van der Waals surface area contributed by atoms with Crippen molar-refractivity contribution >= 4 is 39.9 Å². The van der Waals surface area contributed by atoms with Crippen LogP contribution in [0.4, 0.5) is 4.79 Å². The highest BCUT2D eigenvalue weighted by molar-refractivity contribution is 9.07. The molecule has 1 fully saturated rings. The van der Waals surface area contributed by atoms with Crippen LogP contribution in [0.5, 0.6) is 0 Å². The number of hydrogen-bond acceptors (Lipinski definition) is 2. The van der Waals surface area contributed by atoms with Crippen LogP contribution in [0.2, 0.25) is 0 Å². The van der Waals surface area contributed by atoms with E-state index >= 15 is 0 Å². The van der Waals surface area contributed by atoms with E-state index in [1.54, 1.807) is 13.8 Å². The number of carbonyl (C=O) groups is 2. The Hall–Kier alpha value is -0.290. The summed E-state index contributed by atoms with van der Waals surface area (Å²) in [5.74, 6) is -0.430. The van der Waals surface area contributed by atoms with E-state index < -0.39 is 17.5 Å². The Morgan fingerprint density at radius 3 is 2.00 bits per heavy atom. The van der Waals surface area contributed by atoms with Crippen molar-refractivity contribution in [2.24, 2.45) is 0 Å². The van der Waals surface area contributed by atoms with Crippen LogP contribution in [0.25, 0.3) is 0 Å². The largest absolute Gasteiger partial charge is 0.352 e. The molecule has 1 heterocycles. The third-order valence-corrected chi connectivity index (χ3v) is 3.02. The van der Waals surface area contributed by atoms with Gasteiger partial charge in [0, 0.05) is 11.8 Å². The SMILES string of the molecule is CC1(C)C(=O)N(Cl)C(=O)N1Br. The molecule has 0 radical (unpaired) electrons. The number of halogens is 2. The molecule has 0 aromatic carbocycles. The van der Waals surface area contributed by atoms with E-state index in [0.29, 0.717) is 4.42 Å². The van der Waals surface area contributed by atoms with Crippen molar-refractivity contribution in [1.29, 1.82) is 0 Å². The zero-order valence-electron chi connectivity index (χ0n) is 5.97. The molecule has 4 nitrogen and oxygen atoms in total. The first-order chi connectivity index (χ1) is 4.89. The fourth-order valence-electron chi connectivity index (χ4n) is 0.727. The summed E-state index contributed by atoms with van der Waals surface area (Å²) in [4.78, 5) is 22.1. The zero-order valence-corrected chi connectivity index (χ0v) is 8.31. The third-order valence-electron chi connectivity index (χ3n) is 1.53. The van der Waals surface area contributed by atoms with E-state index in [1.165, 1.54) is 0 Å². The molecular weight excluding hydrogens is 235 g/mol. The van der Waals surface area contributed by atoms with Gasteiger partial charge in [0.05, 0.1) is 16.1 Å². The summed E-state index contributed by atoms with van der Waals surface area (Å²) in [7, 11) is 0. The van der Waals surface area contributed by atoms with E-state index in [-0.39, 0.29) is 0 Å². The molecule has 0 saturated carbocycles. The summed E-state index contributed by atoms with van der Waals surface area (Å²) in [6.07, 6.45) is 0. The Balaban J connectivity index is 3.06. The van der Waals surface area contributed by atoms with Crippen molar-refractivity contribution < 1.29 is 9.59 Å². The average molecular weight is 241 g/mol. The Morgan fingerprint density at radius 2 is 1.91 bits per heavy atom. The van der Waals surface area contributed by atoms with Crippen LogP contribution in [0.15, 0.2) is 0 Å². The molecule has 0 aromatic rings. The van der Waals surface area contributed by atoms with E-state index in [0.717, 1.165) is 3.93 Å². The molecule has 6 heteroatoms. The van der Waals surface area contributed by atoms with Gasteiger partial charge in [-0.1, -0.05) is 0 Å². The Morgan fingerprint density at radius 1 is 1.45 bits per heavy atom. The standard InChI is InChI=1S/C5H6BrClN2O2/c1-5(2)3(10)8(7)4(11)9(5)6/h1-2H3. The highest BCUT2D eigenvalue weighted by atomic mass is 79.9.